The molecule has 0 unspecified atom stereocenters. The summed E-state index contributed by atoms with van der Waals surface area (Å²) in [6, 6.07) is 13.3. The van der Waals surface area contributed by atoms with Gasteiger partial charge in [-0.1, -0.05) is 12.1 Å². The Morgan fingerprint density at radius 2 is 1.80 bits per heavy atom. The van der Waals surface area contributed by atoms with Crippen molar-refractivity contribution in [2.75, 3.05) is 38.5 Å². The molecule has 8 nitrogen and oxygen atoms in total. The number of fused-ring (bicyclic) bond motifs is 2. The van der Waals surface area contributed by atoms with E-state index in [9.17, 15) is 5.11 Å². The summed E-state index contributed by atoms with van der Waals surface area (Å²) in [4.78, 5) is 18.3. The smallest absolute Gasteiger partial charge is 0.197 e. The highest BCUT2D eigenvalue weighted by Gasteiger charge is 2.20. The number of piperazine rings is 1. The zero-order valence-electron chi connectivity index (χ0n) is 19.5. The molecule has 1 aliphatic rings. The van der Waals surface area contributed by atoms with Crippen LogP contribution < -0.4 is 5.32 Å². The van der Waals surface area contributed by atoms with Gasteiger partial charge in [-0.3, -0.25) is 9.88 Å². The fraction of sp³-hybridized carbons (Fsp3) is 0.222. The van der Waals surface area contributed by atoms with Crippen molar-refractivity contribution in [1.82, 2.24) is 24.8 Å². The maximum absolute atomic E-state index is 10.1. The number of phenolic OH excluding ortho intramolecular Hbond substituents is 1. The maximum atomic E-state index is 10.1. The van der Waals surface area contributed by atoms with E-state index in [4.69, 9.17) is 4.42 Å². The number of aromatic nitrogens is 3. The Kier molecular flexibility index (Phi) is 5.52. The molecule has 6 rings (SSSR count). The van der Waals surface area contributed by atoms with Crippen molar-refractivity contribution in [3.63, 3.8) is 0 Å². The second-order valence-electron chi connectivity index (χ2n) is 9.01. The van der Waals surface area contributed by atoms with Gasteiger partial charge in [0.05, 0.1) is 11.9 Å². The fourth-order valence-corrected chi connectivity index (χ4v) is 4.54. The molecular formula is C27H26N6O2. The van der Waals surface area contributed by atoms with E-state index >= 15 is 0 Å². The summed E-state index contributed by atoms with van der Waals surface area (Å²) in [6.45, 7) is 5.09. The number of benzene rings is 2. The van der Waals surface area contributed by atoms with E-state index in [1.165, 1.54) is 0 Å². The number of likely N-dealkylation sites (N-methyl/N-ethyl adjacent to an activating group) is 1. The number of hydrogen-bond donors (Lipinski definition) is 2. The summed E-state index contributed by atoms with van der Waals surface area (Å²) < 4.78 is 6.16. The molecular weight excluding hydrogens is 440 g/mol. The van der Waals surface area contributed by atoms with Crippen LogP contribution in [0.5, 0.6) is 5.75 Å². The number of hydrogen-bond acceptors (Lipinski definition) is 8. The number of phenols is 1. The highest BCUT2D eigenvalue weighted by atomic mass is 16.3. The molecule has 2 N–H and O–H groups in total. The number of nitrogens with zero attached hydrogens (tertiary/aromatic N) is 5. The molecule has 4 heterocycles. The summed E-state index contributed by atoms with van der Waals surface area (Å²) >= 11 is 0. The molecule has 1 fully saturated rings. The highest BCUT2D eigenvalue weighted by molar-refractivity contribution is 6.00. The number of pyridine rings is 1. The Morgan fingerprint density at radius 1 is 0.971 bits per heavy atom. The minimum atomic E-state index is 0.264. The van der Waals surface area contributed by atoms with Gasteiger partial charge >= 0.3 is 0 Å². The number of rotatable bonds is 5. The molecule has 0 bridgehead atoms. The Labute approximate surface area is 202 Å². The first-order chi connectivity index (χ1) is 17.1. The van der Waals surface area contributed by atoms with Crippen LogP contribution in [0, 0.1) is 0 Å². The lowest BCUT2D eigenvalue weighted by atomic mass is 10.1. The van der Waals surface area contributed by atoms with E-state index in [0.717, 1.165) is 65.8 Å². The number of nitrogens with one attached hydrogen (secondary N) is 1. The van der Waals surface area contributed by atoms with E-state index in [0.29, 0.717) is 17.2 Å². The zero-order chi connectivity index (χ0) is 23.8. The first kappa shape index (κ1) is 21.5. The molecule has 2 aromatic carbocycles. The first-order valence-corrected chi connectivity index (χ1v) is 11.7. The zero-order valence-corrected chi connectivity index (χ0v) is 19.5. The van der Waals surface area contributed by atoms with Crippen molar-refractivity contribution in [1.29, 1.82) is 0 Å². The predicted molar refractivity (Wildman–Crippen MR) is 137 cm³/mol. The molecule has 0 atom stereocenters. The molecule has 35 heavy (non-hydrogen) atoms. The maximum Gasteiger partial charge on any atom is 0.197 e. The third-order valence-electron chi connectivity index (χ3n) is 6.53. The molecule has 0 aliphatic carbocycles. The van der Waals surface area contributed by atoms with Gasteiger partial charge in [0.1, 0.15) is 5.75 Å². The minimum absolute atomic E-state index is 0.264. The van der Waals surface area contributed by atoms with Crippen molar-refractivity contribution in [2.24, 2.45) is 0 Å². The first-order valence-electron chi connectivity index (χ1n) is 11.7. The largest absolute Gasteiger partial charge is 0.507 e. The molecule has 176 valence electrons. The molecule has 1 saturated heterocycles. The van der Waals surface area contributed by atoms with Crippen molar-refractivity contribution in [3.05, 3.63) is 72.8 Å². The fourth-order valence-electron chi connectivity index (χ4n) is 4.54. The van der Waals surface area contributed by atoms with Crippen LogP contribution in [0.25, 0.3) is 33.3 Å². The van der Waals surface area contributed by atoms with Gasteiger partial charge in [0.25, 0.3) is 0 Å². The molecule has 5 aromatic rings. The van der Waals surface area contributed by atoms with Crippen LogP contribution in [0.15, 0.2) is 71.7 Å². The van der Waals surface area contributed by atoms with Gasteiger partial charge in [-0.05, 0) is 42.8 Å². The molecule has 8 heteroatoms. The van der Waals surface area contributed by atoms with Crippen molar-refractivity contribution in [3.8, 4) is 17.3 Å². The SMILES string of the molecule is CN1CCN(Cc2cnc(-c3oc4cnccc4c3Nc3ccc4c(O)cccc4c3)nc2)CC1. The van der Waals surface area contributed by atoms with Crippen molar-refractivity contribution < 1.29 is 9.52 Å². The molecule has 0 radical (unpaired) electrons. The third-order valence-corrected chi connectivity index (χ3v) is 6.53. The quantitative estimate of drug-likeness (QED) is 0.387. The van der Waals surface area contributed by atoms with E-state index in [-0.39, 0.29) is 5.75 Å². The number of furan rings is 1. The molecule has 0 spiro atoms. The van der Waals surface area contributed by atoms with E-state index in [1.54, 1.807) is 18.5 Å². The van der Waals surface area contributed by atoms with Gasteiger partial charge in [0, 0.05) is 73.3 Å². The summed E-state index contributed by atoms with van der Waals surface area (Å²) in [7, 11) is 2.16. The van der Waals surface area contributed by atoms with Crippen LogP contribution in [-0.4, -0.2) is 63.1 Å². The molecule has 0 saturated carbocycles. The molecule has 3 aromatic heterocycles. The highest BCUT2D eigenvalue weighted by Crippen LogP contribution is 2.38. The van der Waals surface area contributed by atoms with Crippen molar-refractivity contribution >= 4 is 33.1 Å². The lowest BCUT2D eigenvalue weighted by Gasteiger charge is -2.32. The minimum Gasteiger partial charge on any atom is -0.507 e. The lowest BCUT2D eigenvalue weighted by Crippen LogP contribution is -2.43. The molecule has 1 aliphatic heterocycles. The van der Waals surface area contributed by atoms with Crippen LogP contribution >= 0.6 is 0 Å². The Hall–Kier alpha value is -4.01. The summed E-state index contributed by atoms with van der Waals surface area (Å²) in [6.07, 6.45) is 7.21. The lowest BCUT2D eigenvalue weighted by molar-refractivity contribution is 0.148. The number of aromatic hydroxyl groups is 1. The summed E-state index contributed by atoms with van der Waals surface area (Å²) in [5, 5.41) is 16.3. The second-order valence-corrected chi connectivity index (χ2v) is 9.01. The second kappa shape index (κ2) is 8.98. The van der Waals surface area contributed by atoms with Gasteiger partial charge in [-0.2, -0.15) is 0 Å². The molecule has 0 amide bonds. The van der Waals surface area contributed by atoms with Gasteiger partial charge in [-0.25, -0.2) is 9.97 Å². The summed E-state index contributed by atoms with van der Waals surface area (Å²) in [5.74, 6) is 1.35. The average Bonchev–Trinajstić information content (AvgIpc) is 3.24. The monoisotopic (exact) mass is 466 g/mol. The van der Waals surface area contributed by atoms with Crippen LogP contribution in [0.1, 0.15) is 5.56 Å². The van der Waals surface area contributed by atoms with E-state index < -0.39 is 0 Å². The Balaban J connectivity index is 1.32. The van der Waals surface area contributed by atoms with Gasteiger partial charge < -0.3 is 19.7 Å². The van der Waals surface area contributed by atoms with Gasteiger partial charge in [0.15, 0.2) is 17.2 Å². The van der Waals surface area contributed by atoms with Crippen molar-refractivity contribution in [2.45, 2.75) is 6.54 Å². The van der Waals surface area contributed by atoms with Crippen LogP contribution in [0.4, 0.5) is 11.4 Å². The Morgan fingerprint density at radius 3 is 2.63 bits per heavy atom. The van der Waals surface area contributed by atoms with Crippen LogP contribution in [0.2, 0.25) is 0 Å². The standard InChI is InChI=1S/C27H26N6O2/c1-32-9-11-33(12-10-32)17-18-14-29-27(30-15-18)26-25(22-7-8-28-16-24(22)35-26)31-20-5-6-21-19(13-20)3-2-4-23(21)34/h2-8,13-16,31,34H,9-12,17H2,1H3. The van der Waals surface area contributed by atoms with Gasteiger partial charge in [-0.15, -0.1) is 0 Å². The predicted octanol–water partition coefficient (Wildman–Crippen LogP) is 4.63. The van der Waals surface area contributed by atoms with E-state index in [1.807, 2.05) is 48.8 Å². The summed E-state index contributed by atoms with van der Waals surface area (Å²) in [5.41, 5.74) is 3.40. The Bertz CT molecular complexity index is 1490. The third kappa shape index (κ3) is 4.29. The van der Waals surface area contributed by atoms with Gasteiger partial charge in [0.2, 0.25) is 0 Å². The average molecular weight is 467 g/mol. The van der Waals surface area contributed by atoms with Crippen LogP contribution in [-0.2, 0) is 6.54 Å². The topological polar surface area (TPSA) is 90.6 Å². The van der Waals surface area contributed by atoms with Crippen LogP contribution in [0.3, 0.4) is 0 Å². The number of anilines is 2. The van der Waals surface area contributed by atoms with E-state index in [2.05, 4.69) is 37.1 Å². The normalized spacial score (nSPS) is 15.1.